The summed E-state index contributed by atoms with van der Waals surface area (Å²) in [5, 5.41) is 7.41. The van der Waals surface area contributed by atoms with Crippen LogP contribution in [0.1, 0.15) is 48.2 Å². The van der Waals surface area contributed by atoms with Crippen molar-refractivity contribution in [2.24, 2.45) is 11.7 Å². The quantitative estimate of drug-likeness (QED) is 0.400. The van der Waals surface area contributed by atoms with Gasteiger partial charge in [0.1, 0.15) is 17.5 Å². The van der Waals surface area contributed by atoms with Gasteiger partial charge < -0.3 is 15.8 Å². The standard InChI is InChI=1S/C28H30F2N6O2/c1-15-8-21(29)26(22(30)9-15)24-5-4-19-14-33-25(36(19)35-24)12-18-13-32-7-6-20(18)17-10-16(2)27(23(31)11-17)34-28(37)38-3/h4-9,13-14,16-17,23,27H,10-12,31H2,1-3H3,(H,34,37)/t16-,17+,23+,27-/m0/s1. The summed E-state index contributed by atoms with van der Waals surface area (Å²) in [4.78, 5) is 20.7. The molecular formula is C28H30F2N6O2. The number of hydrogen-bond acceptors (Lipinski definition) is 6. The lowest BCUT2D eigenvalue weighted by Crippen LogP contribution is -2.54. The third-order valence-electron chi connectivity index (χ3n) is 7.38. The lowest BCUT2D eigenvalue weighted by molar-refractivity contribution is 0.149. The van der Waals surface area contributed by atoms with Crippen molar-refractivity contribution in [1.29, 1.82) is 0 Å². The number of nitrogens with one attached hydrogen (secondary N) is 1. The third-order valence-corrected chi connectivity index (χ3v) is 7.38. The zero-order valence-corrected chi connectivity index (χ0v) is 21.5. The van der Waals surface area contributed by atoms with E-state index < -0.39 is 17.7 Å². The number of carbonyl (C=O) groups excluding carboxylic acids is 1. The molecule has 1 amide bonds. The van der Waals surface area contributed by atoms with Gasteiger partial charge in [0.05, 0.1) is 30.1 Å². The van der Waals surface area contributed by atoms with Crippen LogP contribution in [-0.4, -0.2) is 44.9 Å². The van der Waals surface area contributed by atoms with Crippen LogP contribution in [0.4, 0.5) is 13.6 Å². The van der Waals surface area contributed by atoms with Gasteiger partial charge in [0.2, 0.25) is 0 Å². The Morgan fingerprint density at radius 3 is 2.66 bits per heavy atom. The van der Waals surface area contributed by atoms with Crippen LogP contribution in [0.15, 0.2) is 48.9 Å². The van der Waals surface area contributed by atoms with Gasteiger partial charge in [0, 0.05) is 30.9 Å². The number of benzene rings is 1. The number of nitrogens with zero attached hydrogens (tertiary/aromatic N) is 4. The zero-order chi connectivity index (χ0) is 27.0. The van der Waals surface area contributed by atoms with Crippen LogP contribution >= 0.6 is 0 Å². The van der Waals surface area contributed by atoms with Gasteiger partial charge in [-0.15, -0.1) is 0 Å². The Morgan fingerprint density at radius 2 is 1.95 bits per heavy atom. The molecule has 0 unspecified atom stereocenters. The van der Waals surface area contributed by atoms with Crippen molar-refractivity contribution in [2.75, 3.05) is 7.11 Å². The molecule has 1 fully saturated rings. The number of amides is 1. The molecule has 1 saturated carbocycles. The molecule has 0 saturated heterocycles. The second-order valence-electron chi connectivity index (χ2n) is 10.1. The number of rotatable bonds is 5. The number of pyridine rings is 1. The van der Waals surface area contributed by atoms with E-state index in [-0.39, 0.29) is 35.2 Å². The van der Waals surface area contributed by atoms with E-state index >= 15 is 0 Å². The Hall–Kier alpha value is -3.92. The van der Waals surface area contributed by atoms with Crippen LogP contribution in [0.3, 0.4) is 0 Å². The Bertz CT molecular complexity index is 1450. The van der Waals surface area contributed by atoms with Crippen LogP contribution in [0.5, 0.6) is 0 Å². The average Bonchev–Trinajstić information content (AvgIpc) is 3.27. The maximum atomic E-state index is 14.7. The predicted octanol–water partition coefficient (Wildman–Crippen LogP) is 4.53. The van der Waals surface area contributed by atoms with Crippen molar-refractivity contribution >= 4 is 11.6 Å². The summed E-state index contributed by atoms with van der Waals surface area (Å²) in [7, 11) is 1.34. The van der Waals surface area contributed by atoms with Gasteiger partial charge >= 0.3 is 6.09 Å². The van der Waals surface area contributed by atoms with E-state index in [4.69, 9.17) is 10.5 Å². The van der Waals surface area contributed by atoms with Gasteiger partial charge in [-0.2, -0.15) is 5.10 Å². The largest absolute Gasteiger partial charge is 0.453 e. The van der Waals surface area contributed by atoms with Gasteiger partial charge in [-0.05, 0) is 78.6 Å². The molecule has 3 heterocycles. The molecule has 1 aliphatic carbocycles. The Morgan fingerprint density at radius 1 is 1.18 bits per heavy atom. The van der Waals surface area contributed by atoms with Crippen molar-refractivity contribution in [3.8, 4) is 11.3 Å². The maximum absolute atomic E-state index is 14.7. The van der Waals surface area contributed by atoms with Crippen LogP contribution < -0.4 is 11.1 Å². The molecule has 0 bridgehead atoms. The molecule has 38 heavy (non-hydrogen) atoms. The minimum atomic E-state index is -0.659. The molecule has 10 heteroatoms. The van der Waals surface area contributed by atoms with E-state index in [0.29, 0.717) is 29.7 Å². The summed E-state index contributed by atoms with van der Waals surface area (Å²) in [6.45, 7) is 3.71. The fraction of sp³-hybridized carbons (Fsp3) is 0.357. The van der Waals surface area contributed by atoms with E-state index in [9.17, 15) is 13.6 Å². The van der Waals surface area contributed by atoms with Gasteiger partial charge in [-0.1, -0.05) is 6.92 Å². The number of fused-ring (bicyclic) bond motifs is 1. The number of aryl methyl sites for hydroxylation is 1. The number of carbonyl (C=O) groups is 1. The lowest BCUT2D eigenvalue weighted by Gasteiger charge is -2.39. The van der Waals surface area contributed by atoms with Crippen LogP contribution in [0.2, 0.25) is 0 Å². The summed E-state index contributed by atoms with van der Waals surface area (Å²) < 4.78 is 35.7. The highest BCUT2D eigenvalue weighted by molar-refractivity contribution is 5.67. The first-order valence-corrected chi connectivity index (χ1v) is 12.6. The first kappa shape index (κ1) is 25.7. The summed E-state index contributed by atoms with van der Waals surface area (Å²) in [5.41, 5.74) is 9.82. The number of methoxy groups -OCH3 is 1. The van der Waals surface area contributed by atoms with Gasteiger partial charge in [0.15, 0.2) is 0 Å². The molecule has 8 nitrogen and oxygen atoms in total. The van der Waals surface area contributed by atoms with Gasteiger partial charge in [-0.3, -0.25) is 4.98 Å². The Kier molecular flexibility index (Phi) is 7.07. The normalized spacial score (nSPS) is 21.4. The highest BCUT2D eigenvalue weighted by atomic mass is 19.1. The maximum Gasteiger partial charge on any atom is 0.407 e. The fourth-order valence-electron chi connectivity index (χ4n) is 5.57. The summed E-state index contributed by atoms with van der Waals surface area (Å²) in [6.07, 6.45) is 6.72. The van der Waals surface area contributed by atoms with Crippen LogP contribution in [-0.2, 0) is 11.2 Å². The molecule has 0 aliphatic heterocycles. The summed E-state index contributed by atoms with van der Waals surface area (Å²) in [6, 6.07) is 7.52. The highest BCUT2D eigenvalue weighted by Gasteiger charge is 2.36. The smallest absolute Gasteiger partial charge is 0.407 e. The topological polar surface area (TPSA) is 107 Å². The van der Waals surface area contributed by atoms with Crippen molar-refractivity contribution in [3.05, 3.63) is 83.1 Å². The number of halogens is 2. The minimum absolute atomic E-state index is 0.139. The molecule has 4 aromatic rings. The second-order valence-corrected chi connectivity index (χ2v) is 10.1. The first-order valence-electron chi connectivity index (χ1n) is 12.6. The average molecular weight is 521 g/mol. The summed E-state index contributed by atoms with van der Waals surface area (Å²) in [5.74, 6) is -0.386. The molecule has 0 radical (unpaired) electrons. The van der Waals surface area contributed by atoms with Crippen molar-refractivity contribution in [3.63, 3.8) is 0 Å². The van der Waals surface area contributed by atoms with Crippen molar-refractivity contribution < 1.29 is 18.3 Å². The number of nitrogens with two attached hydrogens (primary N) is 1. The molecule has 3 N–H and O–H groups in total. The van der Waals surface area contributed by atoms with Crippen LogP contribution in [0.25, 0.3) is 16.8 Å². The molecule has 3 aromatic heterocycles. The third kappa shape index (κ3) is 4.96. The number of alkyl carbamates (subject to hydrolysis) is 1. The molecule has 198 valence electrons. The van der Waals surface area contributed by atoms with Crippen molar-refractivity contribution in [2.45, 2.75) is 51.1 Å². The van der Waals surface area contributed by atoms with Gasteiger partial charge in [-0.25, -0.2) is 23.1 Å². The van der Waals surface area contributed by atoms with E-state index in [1.165, 1.54) is 19.2 Å². The number of ether oxygens (including phenoxy) is 1. The van der Waals surface area contributed by atoms with E-state index in [1.807, 2.05) is 12.3 Å². The van der Waals surface area contributed by atoms with E-state index in [1.54, 1.807) is 36.0 Å². The second kappa shape index (κ2) is 10.4. The SMILES string of the molecule is COC(=O)N[C@@H]1[C@H](N)C[C@H](c2ccncc2Cc2ncc3ccc(-c4c(F)cc(C)cc4F)nn23)C[C@@H]1C. The monoisotopic (exact) mass is 520 g/mol. The fourth-order valence-corrected chi connectivity index (χ4v) is 5.57. The molecule has 1 aliphatic rings. The molecular weight excluding hydrogens is 490 g/mol. The number of imidazole rings is 1. The first-order chi connectivity index (χ1) is 18.2. The van der Waals surface area contributed by atoms with Gasteiger partial charge in [0.25, 0.3) is 0 Å². The molecule has 0 spiro atoms. The minimum Gasteiger partial charge on any atom is -0.453 e. The molecule has 5 rings (SSSR count). The zero-order valence-electron chi connectivity index (χ0n) is 21.5. The predicted molar refractivity (Wildman–Crippen MR) is 139 cm³/mol. The van der Waals surface area contributed by atoms with E-state index in [2.05, 4.69) is 27.3 Å². The van der Waals surface area contributed by atoms with Crippen molar-refractivity contribution in [1.82, 2.24) is 24.9 Å². The summed E-state index contributed by atoms with van der Waals surface area (Å²) >= 11 is 0. The lowest BCUT2D eigenvalue weighted by atomic mass is 9.72. The highest BCUT2D eigenvalue weighted by Crippen LogP contribution is 2.37. The molecule has 1 aromatic carbocycles. The number of hydrogen-bond donors (Lipinski definition) is 2. The Balaban J connectivity index is 1.44. The van der Waals surface area contributed by atoms with E-state index in [0.717, 1.165) is 17.5 Å². The molecule has 4 atom stereocenters. The number of aromatic nitrogens is 4. The van der Waals surface area contributed by atoms with Crippen LogP contribution in [0, 0.1) is 24.5 Å². The Labute approximate surface area is 219 Å².